The molecule has 0 aromatic heterocycles. The van der Waals surface area contributed by atoms with Gasteiger partial charge in [-0.25, -0.2) is 0 Å². The Balaban J connectivity index is 2.58. The van der Waals surface area contributed by atoms with E-state index in [1.165, 1.54) is 4.90 Å². The Morgan fingerprint density at radius 3 is 2.74 bits per heavy atom. The van der Waals surface area contributed by atoms with Gasteiger partial charge in [-0.3, -0.25) is 14.4 Å². The number of carbonyl (C=O) groups excluding carboxylic acids is 3. The normalized spacial score (nSPS) is 18.8. The maximum absolute atomic E-state index is 12.0. The number of nitrogens with zero attached hydrogens (tertiary/aromatic N) is 1. The van der Waals surface area contributed by atoms with Gasteiger partial charge in [0.2, 0.25) is 17.7 Å². The van der Waals surface area contributed by atoms with Gasteiger partial charge in [0.25, 0.3) is 0 Å². The fraction of sp³-hybridized carbons (Fsp3) is 0.727. The van der Waals surface area contributed by atoms with E-state index in [0.29, 0.717) is 19.7 Å². The first-order valence-electron chi connectivity index (χ1n) is 6.21. The zero-order chi connectivity index (χ0) is 14.3. The average molecular weight is 272 g/mol. The van der Waals surface area contributed by atoms with Gasteiger partial charge >= 0.3 is 0 Å². The topological polar surface area (TPSA) is 114 Å². The van der Waals surface area contributed by atoms with Gasteiger partial charge in [0.15, 0.2) is 0 Å². The van der Waals surface area contributed by atoms with E-state index in [0.717, 1.165) is 0 Å². The van der Waals surface area contributed by atoms with Gasteiger partial charge < -0.3 is 26.0 Å². The predicted octanol–water partition coefficient (Wildman–Crippen LogP) is -2.58. The van der Waals surface area contributed by atoms with Gasteiger partial charge in [0, 0.05) is 13.1 Å². The van der Waals surface area contributed by atoms with E-state index in [1.54, 1.807) is 6.92 Å². The van der Waals surface area contributed by atoms with Gasteiger partial charge in [0.1, 0.15) is 6.04 Å². The van der Waals surface area contributed by atoms with Crippen molar-refractivity contribution in [2.24, 2.45) is 5.73 Å². The minimum atomic E-state index is -0.643. The number of nitrogens with one attached hydrogen (secondary N) is 2. The van der Waals surface area contributed by atoms with Crippen molar-refractivity contribution in [2.75, 3.05) is 39.4 Å². The number of carbonyl (C=O) groups is 3. The number of rotatable bonds is 5. The quantitative estimate of drug-likeness (QED) is 0.509. The van der Waals surface area contributed by atoms with Crippen molar-refractivity contribution in [3.63, 3.8) is 0 Å². The van der Waals surface area contributed by atoms with Crippen LogP contribution >= 0.6 is 0 Å². The summed E-state index contributed by atoms with van der Waals surface area (Å²) in [6.45, 7) is 2.84. The molecule has 0 aromatic carbocycles. The number of nitrogens with two attached hydrogens (primary N) is 1. The lowest BCUT2D eigenvalue weighted by Gasteiger charge is -2.34. The zero-order valence-corrected chi connectivity index (χ0v) is 11.0. The summed E-state index contributed by atoms with van der Waals surface area (Å²) >= 11 is 0. The van der Waals surface area contributed by atoms with Crippen LogP contribution in [0.2, 0.25) is 0 Å². The minimum Gasteiger partial charge on any atom is -0.377 e. The Labute approximate surface area is 111 Å². The number of hydrogen-bond acceptors (Lipinski definition) is 5. The Morgan fingerprint density at radius 2 is 2.11 bits per heavy atom. The Kier molecular flexibility index (Phi) is 6.23. The lowest BCUT2D eigenvalue weighted by Crippen LogP contribution is -2.57. The number of morpholine rings is 1. The second-order valence-electron chi connectivity index (χ2n) is 4.05. The highest BCUT2D eigenvalue weighted by molar-refractivity contribution is 5.90. The highest BCUT2D eigenvalue weighted by Gasteiger charge is 2.32. The molecular formula is C11H20N4O4. The molecule has 8 heteroatoms. The van der Waals surface area contributed by atoms with Gasteiger partial charge in [-0.1, -0.05) is 0 Å². The van der Waals surface area contributed by atoms with Gasteiger partial charge in [-0.2, -0.15) is 0 Å². The molecule has 1 atom stereocenters. The number of hydrogen-bond donors (Lipinski definition) is 3. The van der Waals surface area contributed by atoms with E-state index >= 15 is 0 Å². The monoisotopic (exact) mass is 272 g/mol. The van der Waals surface area contributed by atoms with Crippen molar-refractivity contribution in [2.45, 2.75) is 13.0 Å². The second-order valence-corrected chi connectivity index (χ2v) is 4.05. The molecule has 108 valence electrons. The first-order chi connectivity index (χ1) is 9.10. The molecule has 1 unspecified atom stereocenters. The SMILES string of the molecule is CCNC(=O)C1COCCN1C(=O)CNC(=O)CN. The molecule has 1 fully saturated rings. The van der Waals surface area contributed by atoms with Crippen LogP contribution in [0.1, 0.15) is 6.92 Å². The summed E-state index contributed by atoms with van der Waals surface area (Å²) in [7, 11) is 0. The molecule has 1 heterocycles. The highest BCUT2D eigenvalue weighted by Crippen LogP contribution is 2.07. The Bertz CT molecular complexity index is 348. The van der Waals surface area contributed by atoms with Crippen LogP contribution in [0.5, 0.6) is 0 Å². The minimum absolute atomic E-state index is 0.161. The van der Waals surface area contributed by atoms with Crippen molar-refractivity contribution in [1.29, 1.82) is 0 Å². The van der Waals surface area contributed by atoms with E-state index in [9.17, 15) is 14.4 Å². The molecule has 1 saturated heterocycles. The fourth-order valence-electron chi connectivity index (χ4n) is 1.76. The molecule has 0 bridgehead atoms. The highest BCUT2D eigenvalue weighted by atomic mass is 16.5. The summed E-state index contributed by atoms with van der Waals surface area (Å²) in [5, 5.41) is 5.05. The maximum Gasteiger partial charge on any atom is 0.245 e. The summed E-state index contributed by atoms with van der Waals surface area (Å²) in [6.07, 6.45) is 0. The summed E-state index contributed by atoms with van der Waals surface area (Å²) in [5.41, 5.74) is 5.13. The summed E-state index contributed by atoms with van der Waals surface area (Å²) in [4.78, 5) is 36.2. The lowest BCUT2D eigenvalue weighted by atomic mass is 10.2. The third-order valence-corrected chi connectivity index (χ3v) is 2.72. The summed E-state index contributed by atoms with van der Waals surface area (Å²) in [6, 6.07) is -0.643. The third kappa shape index (κ3) is 4.49. The zero-order valence-electron chi connectivity index (χ0n) is 11.0. The molecule has 0 radical (unpaired) electrons. The van der Waals surface area contributed by atoms with Crippen LogP contribution in [-0.4, -0.2) is 68.1 Å². The van der Waals surface area contributed by atoms with Crippen molar-refractivity contribution >= 4 is 17.7 Å². The number of amides is 3. The smallest absolute Gasteiger partial charge is 0.245 e. The van der Waals surface area contributed by atoms with E-state index < -0.39 is 11.9 Å². The van der Waals surface area contributed by atoms with E-state index in [4.69, 9.17) is 10.5 Å². The van der Waals surface area contributed by atoms with Gasteiger partial charge in [-0.05, 0) is 6.92 Å². The molecule has 0 aromatic rings. The molecule has 1 rings (SSSR count). The summed E-state index contributed by atoms with van der Waals surface area (Å²) < 4.78 is 5.21. The van der Waals surface area contributed by atoms with Crippen LogP contribution in [0.3, 0.4) is 0 Å². The Hall–Kier alpha value is -1.67. The third-order valence-electron chi connectivity index (χ3n) is 2.72. The molecule has 3 amide bonds. The lowest BCUT2D eigenvalue weighted by molar-refractivity contribution is -0.148. The molecule has 0 spiro atoms. The maximum atomic E-state index is 12.0. The van der Waals surface area contributed by atoms with Crippen molar-refractivity contribution in [3.8, 4) is 0 Å². The average Bonchev–Trinajstić information content (AvgIpc) is 2.44. The number of ether oxygens (including phenoxy) is 1. The molecule has 8 nitrogen and oxygen atoms in total. The predicted molar refractivity (Wildman–Crippen MR) is 67.1 cm³/mol. The molecule has 1 aliphatic heterocycles. The van der Waals surface area contributed by atoms with Crippen LogP contribution in [0.4, 0.5) is 0 Å². The van der Waals surface area contributed by atoms with Crippen molar-refractivity contribution < 1.29 is 19.1 Å². The molecule has 19 heavy (non-hydrogen) atoms. The molecule has 0 aliphatic carbocycles. The van der Waals surface area contributed by atoms with Crippen molar-refractivity contribution in [3.05, 3.63) is 0 Å². The Morgan fingerprint density at radius 1 is 1.37 bits per heavy atom. The van der Waals surface area contributed by atoms with E-state index in [1.807, 2.05) is 0 Å². The van der Waals surface area contributed by atoms with Crippen LogP contribution in [0, 0.1) is 0 Å². The molecule has 1 aliphatic rings. The van der Waals surface area contributed by atoms with Crippen LogP contribution in [0.15, 0.2) is 0 Å². The summed E-state index contributed by atoms with van der Waals surface area (Å²) in [5.74, 6) is -0.974. The van der Waals surface area contributed by atoms with Crippen LogP contribution < -0.4 is 16.4 Å². The van der Waals surface area contributed by atoms with Gasteiger partial charge in [0.05, 0.1) is 26.3 Å². The van der Waals surface area contributed by atoms with Crippen LogP contribution in [0.25, 0.3) is 0 Å². The first-order valence-corrected chi connectivity index (χ1v) is 6.21. The standard InChI is InChI=1S/C11H20N4O4/c1-2-13-11(18)8-7-19-4-3-15(8)10(17)6-14-9(16)5-12/h8H,2-7,12H2,1H3,(H,13,18)(H,14,16). The van der Waals surface area contributed by atoms with Crippen LogP contribution in [-0.2, 0) is 19.1 Å². The second kappa shape index (κ2) is 7.70. The molecular weight excluding hydrogens is 252 g/mol. The fourth-order valence-corrected chi connectivity index (χ4v) is 1.76. The first kappa shape index (κ1) is 15.4. The largest absolute Gasteiger partial charge is 0.377 e. The van der Waals surface area contributed by atoms with E-state index in [-0.39, 0.29) is 31.5 Å². The molecule has 4 N–H and O–H groups in total. The van der Waals surface area contributed by atoms with Gasteiger partial charge in [-0.15, -0.1) is 0 Å². The van der Waals surface area contributed by atoms with Crippen molar-refractivity contribution in [1.82, 2.24) is 15.5 Å². The number of likely N-dealkylation sites (N-methyl/N-ethyl adjacent to an activating group) is 1. The molecule has 0 saturated carbocycles. The van der Waals surface area contributed by atoms with E-state index in [2.05, 4.69) is 10.6 Å².